The van der Waals surface area contributed by atoms with Gasteiger partial charge in [0.25, 0.3) is 0 Å². The molecule has 4 amide bonds. The van der Waals surface area contributed by atoms with E-state index >= 15 is 0 Å². The summed E-state index contributed by atoms with van der Waals surface area (Å²) in [5.74, 6) is 1.18. The molecule has 2 aliphatic heterocycles. The van der Waals surface area contributed by atoms with Crippen molar-refractivity contribution in [3.8, 4) is 0 Å². The summed E-state index contributed by atoms with van der Waals surface area (Å²) in [5, 5.41) is 5.46. The number of hydrogen-bond acceptors (Lipinski definition) is 8. The van der Waals surface area contributed by atoms with Gasteiger partial charge in [0.15, 0.2) is 0 Å². The highest BCUT2D eigenvalue weighted by Crippen LogP contribution is 2.35. The van der Waals surface area contributed by atoms with Gasteiger partial charge in [-0.05, 0) is 104 Å². The number of carbonyl (C=O) groups is 4. The summed E-state index contributed by atoms with van der Waals surface area (Å²) in [6.45, 7) is 8.93. The number of ether oxygens (including phenoxy) is 2. The second-order valence-electron chi connectivity index (χ2n) is 17.6. The minimum Gasteiger partial charge on any atom is -0.453 e. The normalized spacial score (nSPS) is 20.1. The first-order valence-electron chi connectivity index (χ1n) is 21.8. The highest BCUT2D eigenvalue weighted by atomic mass is 16.5. The van der Waals surface area contributed by atoms with Gasteiger partial charge in [0, 0.05) is 49.7 Å². The van der Waals surface area contributed by atoms with Crippen molar-refractivity contribution in [1.29, 1.82) is 0 Å². The second kappa shape index (κ2) is 18.9. The molecule has 4 N–H and O–H groups in total. The van der Waals surface area contributed by atoms with E-state index in [1.807, 2.05) is 49.9 Å². The number of aromatic nitrogens is 4. The number of aromatic amines is 2. The van der Waals surface area contributed by atoms with Crippen molar-refractivity contribution >= 4 is 36.2 Å². The molecule has 322 valence electrons. The third-order valence-electron chi connectivity index (χ3n) is 12.6. The largest absolute Gasteiger partial charge is 0.453 e. The molecule has 0 saturated carbocycles. The predicted octanol–water partition coefficient (Wildman–Crippen LogP) is 7.15. The van der Waals surface area contributed by atoms with Crippen molar-refractivity contribution in [2.24, 2.45) is 11.8 Å². The molecule has 2 fully saturated rings. The predicted molar refractivity (Wildman–Crippen MR) is 229 cm³/mol. The monoisotopic (exact) mass is 822 g/mol. The van der Waals surface area contributed by atoms with E-state index in [4.69, 9.17) is 19.4 Å². The van der Waals surface area contributed by atoms with Crippen LogP contribution in [0.3, 0.4) is 0 Å². The Balaban J connectivity index is 1.04. The van der Waals surface area contributed by atoms with Crippen molar-refractivity contribution in [3.63, 3.8) is 0 Å². The van der Waals surface area contributed by atoms with Crippen molar-refractivity contribution in [2.45, 2.75) is 129 Å². The molecule has 14 heteroatoms. The van der Waals surface area contributed by atoms with Crippen LogP contribution in [0.2, 0.25) is 0 Å². The molecular formula is C46H62N8O6. The number of H-pyrrole nitrogens is 2. The van der Waals surface area contributed by atoms with Gasteiger partial charge in [0.05, 0.1) is 26.3 Å². The van der Waals surface area contributed by atoms with Crippen LogP contribution in [0.4, 0.5) is 9.59 Å². The number of amides is 4. The Labute approximate surface area is 353 Å². The number of methoxy groups -OCH3 is 2. The number of hydrogen-bond donors (Lipinski definition) is 4. The van der Waals surface area contributed by atoms with Crippen molar-refractivity contribution in [2.75, 3.05) is 27.3 Å². The lowest BCUT2D eigenvalue weighted by molar-refractivity contribution is -0.136. The Morgan fingerprint density at radius 1 is 0.667 bits per heavy atom. The summed E-state index contributed by atoms with van der Waals surface area (Å²) in [4.78, 5) is 71.8. The fourth-order valence-electron chi connectivity index (χ4n) is 9.45. The summed E-state index contributed by atoms with van der Waals surface area (Å²) < 4.78 is 9.59. The number of rotatable bonds is 12. The Bertz CT molecular complexity index is 1970. The van der Waals surface area contributed by atoms with Crippen LogP contribution in [0.15, 0.2) is 35.7 Å². The van der Waals surface area contributed by atoms with Crippen molar-refractivity contribution in [1.82, 2.24) is 40.4 Å². The fourth-order valence-corrected chi connectivity index (χ4v) is 9.45. The molecular weight excluding hydrogens is 761 g/mol. The number of nitrogens with zero attached hydrogens (tertiary/aromatic N) is 4. The molecule has 4 aliphatic rings. The number of carbonyl (C=O) groups excluding carboxylic acids is 4. The number of likely N-dealkylation sites (tertiary alicyclic amines) is 2. The standard InChI is InChI=1S/C46H62N8O6/c1-27(2)39(51-45(57)59-5)43(55)53-17-9-15-37(53)41-47-25-35(49-41)21-29-11-7-13-31-23-32-14-8-12-30(20-34(32)24-33(31)19-29)22-36-26-48-42(50-36)38-16-10-18-54(38)44(56)40(28(3)4)52-46(58)60-6/h19-20,23-28,37-40H,7-18,21-22H2,1-6H3,(H,47,49)(H,48,50)(H,51,57)(H,52,58). The minimum atomic E-state index is -0.669. The molecule has 4 atom stereocenters. The van der Waals surface area contributed by atoms with E-state index in [2.05, 4.69) is 44.9 Å². The lowest BCUT2D eigenvalue weighted by atomic mass is 9.94. The van der Waals surface area contributed by atoms with Crippen LogP contribution < -0.4 is 10.6 Å². The first-order valence-corrected chi connectivity index (χ1v) is 21.8. The first-order chi connectivity index (χ1) is 28.9. The average molecular weight is 823 g/mol. The maximum atomic E-state index is 13.7. The van der Waals surface area contributed by atoms with E-state index in [0.717, 1.165) is 100 Å². The van der Waals surface area contributed by atoms with Crippen LogP contribution in [0.5, 0.6) is 0 Å². The van der Waals surface area contributed by atoms with Gasteiger partial charge >= 0.3 is 12.2 Å². The Morgan fingerprint density at radius 2 is 1.10 bits per heavy atom. The number of benzene rings is 1. The lowest BCUT2D eigenvalue weighted by Crippen LogP contribution is -2.51. The van der Waals surface area contributed by atoms with Gasteiger partial charge in [-0.3, -0.25) is 9.59 Å². The molecule has 4 heterocycles. The molecule has 60 heavy (non-hydrogen) atoms. The second-order valence-corrected chi connectivity index (χ2v) is 17.6. The van der Waals surface area contributed by atoms with Crippen molar-refractivity contribution < 1.29 is 28.7 Å². The average Bonchev–Trinajstić information content (AvgIpc) is 4.04. The number of nitrogens with one attached hydrogen (secondary N) is 4. The number of allylic oxidation sites excluding steroid dienone is 2. The third-order valence-corrected chi connectivity index (χ3v) is 12.6. The van der Waals surface area contributed by atoms with Gasteiger partial charge in [0.2, 0.25) is 11.8 Å². The van der Waals surface area contributed by atoms with Gasteiger partial charge in [-0.15, -0.1) is 0 Å². The van der Waals surface area contributed by atoms with Crippen LogP contribution in [0, 0.1) is 11.8 Å². The van der Waals surface area contributed by atoms with Crippen LogP contribution in [-0.2, 0) is 44.7 Å². The molecule has 4 unspecified atom stereocenters. The molecule has 2 aliphatic carbocycles. The molecule has 0 bridgehead atoms. The quantitative estimate of drug-likeness (QED) is 0.149. The van der Waals surface area contributed by atoms with E-state index < -0.39 is 24.3 Å². The first kappa shape index (κ1) is 42.7. The van der Waals surface area contributed by atoms with E-state index in [0.29, 0.717) is 13.1 Å². The maximum Gasteiger partial charge on any atom is 0.407 e. The Morgan fingerprint density at radius 3 is 1.50 bits per heavy atom. The Hall–Kier alpha value is -5.40. The Kier molecular flexibility index (Phi) is 13.4. The highest BCUT2D eigenvalue weighted by Gasteiger charge is 2.39. The summed E-state index contributed by atoms with van der Waals surface area (Å²) in [5.41, 5.74) is 10.1. The summed E-state index contributed by atoms with van der Waals surface area (Å²) in [6.07, 6.45) is 18.5. The van der Waals surface area contributed by atoms with E-state index in [9.17, 15) is 19.2 Å². The van der Waals surface area contributed by atoms with E-state index in [-0.39, 0.29) is 35.7 Å². The number of imidazole rings is 2. The maximum absolute atomic E-state index is 13.7. The number of alkyl carbamates (subject to hydrolysis) is 2. The molecule has 3 aromatic rings. The molecule has 0 spiro atoms. The zero-order chi connectivity index (χ0) is 42.5. The molecule has 1 aromatic carbocycles. The van der Waals surface area contributed by atoms with Crippen LogP contribution in [-0.4, -0.2) is 93.1 Å². The number of aryl methyl sites for hydroxylation is 2. The summed E-state index contributed by atoms with van der Waals surface area (Å²) in [6, 6.07) is 3.14. The van der Waals surface area contributed by atoms with Gasteiger partial charge in [0.1, 0.15) is 23.7 Å². The van der Waals surface area contributed by atoms with Gasteiger partial charge in [-0.2, -0.15) is 0 Å². The molecule has 14 nitrogen and oxygen atoms in total. The van der Waals surface area contributed by atoms with Gasteiger partial charge in [-0.1, -0.05) is 57.1 Å². The smallest absolute Gasteiger partial charge is 0.407 e. The van der Waals surface area contributed by atoms with E-state index in [1.54, 1.807) is 0 Å². The fraction of sp³-hybridized carbons (Fsp3) is 0.565. The SMILES string of the molecule is COC(=O)NC(C(=O)N1CCCC1c1ncc(CC2=Cc3cc4c(cc3CCC2)CCCC(Cc2cnc(C3CCCN3C(=O)C(NC(=O)OC)C(C)C)[nH]2)=C4)[nH]1)C(C)C. The topological polar surface area (TPSA) is 175 Å². The molecule has 7 rings (SSSR count). The van der Waals surface area contributed by atoms with Gasteiger partial charge < -0.3 is 39.9 Å². The highest BCUT2D eigenvalue weighted by molar-refractivity contribution is 5.87. The zero-order valence-corrected chi connectivity index (χ0v) is 36.1. The number of fused-ring (bicyclic) bond motifs is 2. The van der Waals surface area contributed by atoms with Crippen LogP contribution in [0.1, 0.15) is 136 Å². The minimum absolute atomic E-state index is 0.0896. The van der Waals surface area contributed by atoms with Gasteiger partial charge in [-0.25, -0.2) is 19.6 Å². The third kappa shape index (κ3) is 9.63. The molecule has 2 aromatic heterocycles. The summed E-state index contributed by atoms with van der Waals surface area (Å²) >= 11 is 0. The zero-order valence-electron chi connectivity index (χ0n) is 36.1. The molecule has 2 saturated heterocycles. The molecule has 0 radical (unpaired) electrons. The lowest BCUT2D eigenvalue weighted by Gasteiger charge is -2.30. The summed E-state index contributed by atoms with van der Waals surface area (Å²) in [7, 11) is 2.61. The van der Waals surface area contributed by atoms with Crippen molar-refractivity contribution in [3.05, 3.63) is 81.0 Å². The van der Waals surface area contributed by atoms with Crippen LogP contribution in [0.25, 0.3) is 12.2 Å². The van der Waals surface area contributed by atoms with E-state index in [1.165, 1.54) is 47.6 Å². The van der Waals surface area contributed by atoms with Crippen LogP contribution >= 0.6 is 0 Å².